The highest BCUT2D eigenvalue weighted by atomic mass is 16.3. The fourth-order valence-electron chi connectivity index (χ4n) is 3.79. The average Bonchev–Trinajstić information content (AvgIpc) is 2.99. The molecule has 0 atom stereocenters. The summed E-state index contributed by atoms with van der Waals surface area (Å²) in [4.78, 5) is 27.0. The minimum absolute atomic E-state index is 0.00296. The average molecular weight is 380 g/mol. The first-order valence-electron chi connectivity index (χ1n) is 9.55. The van der Waals surface area contributed by atoms with Gasteiger partial charge in [0.05, 0.1) is 10.9 Å². The van der Waals surface area contributed by atoms with E-state index in [1.54, 1.807) is 18.2 Å². The van der Waals surface area contributed by atoms with Crippen LogP contribution >= 0.6 is 0 Å². The van der Waals surface area contributed by atoms with Crippen molar-refractivity contribution in [2.75, 3.05) is 13.1 Å². The monoisotopic (exact) mass is 380 g/mol. The number of nitrogens with one attached hydrogen (secondary N) is 2. The van der Waals surface area contributed by atoms with Crippen LogP contribution < -0.4 is 10.9 Å². The van der Waals surface area contributed by atoms with Crippen molar-refractivity contribution in [3.8, 4) is 5.75 Å². The van der Waals surface area contributed by atoms with Crippen LogP contribution in [-0.2, 0) is 17.9 Å². The summed E-state index contributed by atoms with van der Waals surface area (Å²) >= 11 is 0. The maximum atomic E-state index is 12.4. The molecule has 2 aromatic carbocycles. The lowest BCUT2D eigenvalue weighted by atomic mass is 10.0. The number of H-pyrrole nitrogens is 1. The van der Waals surface area contributed by atoms with E-state index in [1.807, 2.05) is 30.3 Å². The normalized spacial score (nSPS) is 15.7. The van der Waals surface area contributed by atoms with Crippen LogP contribution in [0.15, 0.2) is 53.3 Å². The molecule has 1 aliphatic rings. The second-order valence-corrected chi connectivity index (χ2v) is 7.34. The molecule has 1 amide bonds. The third-order valence-corrected chi connectivity index (χ3v) is 5.23. The topological polar surface area (TPSA) is 90.4 Å². The number of para-hydroxylation sites is 1. The van der Waals surface area contributed by atoms with E-state index in [0.717, 1.165) is 43.6 Å². The molecule has 1 saturated heterocycles. The van der Waals surface area contributed by atoms with Gasteiger partial charge in [0.25, 0.3) is 5.56 Å². The van der Waals surface area contributed by atoms with Crippen LogP contribution in [0.25, 0.3) is 10.9 Å². The summed E-state index contributed by atoms with van der Waals surface area (Å²) in [5.41, 5.74) is 1.65. The lowest BCUT2D eigenvalue weighted by Crippen LogP contribution is -2.45. The Morgan fingerprint density at radius 2 is 1.93 bits per heavy atom. The molecule has 0 spiro atoms. The second-order valence-electron chi connectivity index (χ2n) is 7.34. The minimum Gasteiger partial charge on any atom is -0.508 e. The van der Waals surface area contributed by atoms with Gasteiger partial charge in [-0.25, -0.2) is 4.68 Å². The molecule has 2 heterocycles. The largest absolute Gasteiger partial charge is 0.508 e. The standard InChI is InChI=1S/C21H24N4O3/c26-17-5-3-4-15(12-17)13-24-10-8-16(9-11-24)22-20(27)14-25-21(28)18-6-1-2-7-19(18)23-25/h1-7,12,16,23,26H,8-11,13-14H2,(H,22,27). The summed E-state index contributed by atoms with van der Waals surface area (Å²) < 4.78 is 1.36. The summed E-state index contributed by atoms with van der Waals surface area (Å²) in [5, 5.41) is 16.2. The van der Waals surface area contributed by atoms with Gasteiger partial charge in [-0.3, -0.25) is 19.6 Å². The molecule has 7 nitrogen and oxygen atoms in total. The summed E-state index contributed by atoms with van der Waals surface area (Å²) in [6, 6.07) is 14.7. The van der Waals surface area contributed by atoms with Gasteiger partial charge in [-0.1, -0.05) is 24.3 Å². The van der Waals surface area contributed by atoms with Crippen LogP contribution in [0.2, 0.25) is 0 Å². The van der Waals surface area contributed by atoms with Gasteiger partial charge in [0, 0.05) is 25.7 Å². The molecule has 7 heteroatoms. The Labute approximate surface area is 162 Å². The third-order valence-electron chi connectivity index (χ3n) is 5.23. The molecule has 28 heavy (non-hydrogen) atoms. The first kappa shape index (κ1) is 18.3. The summed E-state index contributed by atoms with van der Waals surface area (Å²) in [5.74, 6) is 0.131. The van der Waals surface area contributed by atoms with E-state index in [9.17, 15) is 14.7 Å². The molecule has 1 aromatic heterocycles. The Bertz CT molecular complexity index is 1030. The molecular formula is C21H24N4O3. The smallest absolute Gasteiger partial charge is 0.274 e. The van der Waals surface area contributed by atoms with Crippen LogP contribution in [0.1, 0.15) is 18.4 Å². The number of nitrogens with zero attached hydrogens (tertiary/aromatic N) is 2. The number of fused-ring (bicyclic) bond motifs is 1. The van der Waals surface area contributed by atoms with Gasteiger partial charge < -0.3 is 10.4 Å². The molecule has 4 rings (SSSR count). The number of carbonyl (C=O) groups excluding carboxylic acids is 1. The summed E-state index contributed by atoms with van der Waals surface area (Å²) in [7, 11) is 0. The summed E-state index contributed by atoms with van der Waals surface area (Å²) in [6.07, 6.45) is 1.73. The number of aromatic nitrogens is 2. The molecule has 0 saturated carbocycles. The number of likely N-dealkylation sites (tertiary alicyclic amines) is 1. The molecule has 0 radical (unpaired) electrons. The van der Waals surface area contributed by atoms with Gasteiger partial charge in [-0.2, -0.15) is 0 Å². The lowest BCUT2D eigenvalue weighted by Gasteiger charge is -2.32. The van der Waals surface area contributed by atoms with E-state index in [1.165, 1.54) is 4.68 Å². The maximum absolute atomic E-state index is 12.4. The maximum Gasteiger partial charge on any atom is 0.274 e. The minimum atomic E-state index is -0.174. The Morgan fingerprint density at radius 1 is 1.14 bits per heavy atom. The van der Waals surface area contributed by atoms with E-state index >= 15 is 0 Å². The van der Waals surface area contributed by atoms with Crippen molar-refractivity contribution in [2.45, 2.75) is 32.0 Å². The molecule has 1 aliphatic heterocycles. The predicted octanol–water partition coefficient (Wildman–Crippen LogP) is 1.82. The highest BCUT2D eigenvalue weighted by molar-refractivity contribution is 5.79. The molecule has 1 fully saturated rings. The quantitative estimate of drug-likeness (QED) is 0.630. The number of rotatable bonds is 5. The van der Waals surface area contributed by atoms with E-state index in [4.69, 9.17) is 0 Å². The lowest BCUT2D eigenvalue weighted by molar-refractivity contribution is -0.122. The van der Waals surface area contributed by atoms with Crippen molar-refractivity contribution in [3.63, 3.8) is 0 Å². The Hall–Kier alpha value is -3.06. The van der Waals surface area contributed by atoms with Gasteiger partial charge in [-0.05, 0) is 42.7 Å². The number of aromatic hydroxyl groups is 1. The highest BCUT2D eigenvalue weighted by Crippen LogP contribution is 2.17. The number of piperidine rings is 1. The van der Waals surface area contributed by atoms with Crippen LogP contribution in [0.5, 0.6) is 5.75 Å². The number of phenols is 1. The van der Waals surface area contributed by atoms with Crippen LogP contribution in [0.4, 0.5) is 0 Å². The van der Waals surface area contributed by atoms with E-state index in [-0.39, 0.29) is 29.8 Å². The van der Waals surface area contributed by atoms with Gasteiger partial charge in [0.2, 0.25) is 5.91 Å². The van der Waals surface area contributed by atoms with Crippen LogP contribution in [0, 0.1) is 0 Å². The van der Waals surface area contributed by atoms with Crippen molar-refractivity contribution >= 4 is 16.8 Å². The Balaban J connectivity index is 1.29. The Kier molecular flexibility index (Phi) is 5.16. The fourth-order valence-corrected chi connectivity index (χ4v) is 3.79. The van der Waals surface area contributed by atoms with E-state index < -0.39 is 0 Å². The highest BCUT2D eigenvalue weighted by Gasteiger charge is 2.21. The van der Waals surface area contributed by atoms with Gasteiger partial charge in [0.15, 0.2) is 0 Å². The van der Waals surface area contributed by atoms with E-state index in [2.05, 4.69) is 15.3 Å². The summed E-state index contributed by atoms with van der Waals surface area (Å²) in [6.45, 7) is 2.55. The first-order valence-corrected chi connectivity index (χ1v) is 9.55. The second kappa shape index (κ2) is 7.90. The van der Waals surface area contributed by atoms with Gasteiger partial charge in [0.1, 0.15) is 12.3 Å². The number of carbonyl (C=O) groups is 1. The molecule has 3 aromatic rings. The van der Waals surface area contributed by atoms with Crippen molar-refractivity contribution in [1.29, 1.82) is 0 Å². The van der Waals surface area contributed by atoms with Crippen LogP contribution in [-0.4, -0.2) is 44.8 Å². The third kappa shape index (κ3) is 4.09. The van der Waals surface area contributed by atoms with Crippen molar-refractivity contribution in [1.82, 2.24) is 20.0 Å². The number of hydrogen-bond donors (Lipinski definition) is 3. The number of phenolic OH excluding ortho intramolecular Hbond substituents is 1. The molecule has 0 bridgehead atoms. The van der Waals surface area contributed by atoms with Crippen molar-refractivity contribution in [3.05, 3.63) is 64.4 Å². The first-order chi connectivity index (χ1) is 13.6. The predicted molar refractivity (Wildman–Crippen MR) is 107 cm³/mol. The number of benzene rings is 2. The molecular weight excluding hydrogens is 356 g/mol. The van der Waals surface area contributed by atoms with Gasteiger partial charge in [-0.15, -0.1) is 0 Å². The zero-order valence-electron chi connectivity index (χ0n) is 15.6. The number of amides is 1. The molecule has 0 aliphatic carbocycles. The van der Waals surface area contributed by atoms with E-state index in [0.29, 0.717) is 5.39 Å². The molecule has 0 unspecified atom stereocenters. The number of aromatic amines is 1. The number of hydrogen-bond acceptors (Lipinski definition) is 4. The zero-order chi connectivity index (χ0) is 19.5. The van der Waals surface area contributed by atoms with Crippen molar-refractivity contribution in [2.24, 2.45) is 0 Å². The van der Waals surface area contributed by atoms with Crippen molar-refractivity contribution < 1.29 is 9.90 Å². The molecule has 146 valence electrons. The zero-order valence-corrected chi connectivity index (χ0v) is 15.6. The SMILES string of the molecule is O=C(Cn1[nH]c2ccccc2c1=O)NC1CCN(Cc2cccc(O)c2)CC1. The molecule has 3 N–H and O–H groups in total. The van der Waals surface area contributed by atoms with Gasteiger partial charge >= 0.3 is 0 Å². The van der Waals surface area contributed by atoms with Crippen LogP contribution in [0.3, 0.4) is 0 Å². The Morgan fingerprint density at radius 3 is 2.68 bits per heavy atom. The fraction of sp³-hybridized carbons (Fsp3) is 0.333.